The number of nitrogens with one attached hydrogen (secondary N) is 1. The summed E-state index contributed by atoms with van der Waals surface area (Å²) in [5, 5.41) is 0. The Morgan fingerprint density at radius 3 is 2.74 bits per heavy atom. The summed E-state index contributed by atoms with van der Waals surface area (Å²) >= 11 is 0. The smallest absolute Gasteiger partial charge is 0.256 e. The van der Waals surface area contributed by atoms with Crippen molar-refractivity contribution >= 4 is 0 Å². The zero-order valence-electron chi connectivity index (χ0n) is 11.9. The van der Waals surface area contributed by atoms with Crippen LogP contribution in [0.15, 0.2) is 4.79 Å². The van der Waals surface area contributed by atoms with Gasteiger partial charge in [-0.25, -0.2) is 4.98 Å². The first kappa shape index (κ1) is 14.2. The van der Waals surface area contributed by atoms with Gasteiger partial charge in [0.1, 0.15) is 11.4 Å². The fourth-order valence-corrected chi connectivity index (χ4v) is 2.59. The Morgan fingerprint density at radius 2 is 2.11 bits per heavy atom. The second-order valence-electron chi connectivity index (χ2n) is 4.78. The van der Waals surface area contributed by atoms with Crippen LogP contribution in [-0.2, 0) is 28.1 Å². The molecule has 0 atom stereocenters. The van der Waals surface area contributed by atoms with E-state index in [2.05, 4.69) is 23.8 Å². The van der Waals surface area contributed by atoms with Crippen molar-refractivity contribution in [3.63, 3.8) is 0 Å². The summed E-state index contributed by atoms with van der Waals surface area (Å²) in [6.07, 6.45) is 2.27. The first-order valence-corrected chi connectivity index (χ1v) is 7.01. The largest absolute Gasteiger partial charge is 0.376 e. The molecule has 106 valence electrons. The molecule has 5 nitrogen and oxygen atoms in total. The first-order chi connectivity index (χ1) is 9.16. The lowest BCUT2D eigenvalue weighted by Crippen LogP contribution is -2.35. The van der Waals surface area contributed by atoms with Gasteiger partial charge in [-0.3, -0.25) is 4.79 Å². The van der Waals surface area contributed by atoms with Crippen molar-refractivity contribution in [3.05, 3.63) is 27.4 Å². The van der Waals surface area contributed by atoms with Crippen LogP contribution < -0.4 is 5.56 Å². The van der Waals surface area contributed by atoms with E-state index in [0.29, 0.717) is 37.6 Å². The zero-order chi connectivity index (χ0) is 13.9. The number of nitrogens with zero attached hydrogens (tertiary/aromatic N) is 1. The van der Waals surface area contributed by atoms with Crippen LogP contribution >= 0.6 is 0 Å². The maximum Gasteiger partial charge on any atom is 0.256 e. The maximum absolute atomic E-state index is 12.1. The Balaban J connectivity index is 2.49. The Labute approximate surface area is 113 Å². The van der Waals surface area contributed by atoms with Gasteiger partial charge in [-0.1, -0.05) is 13.8 Å². The summed E-state index contributed by atoms with van der Waals surface area (Å²) in [6, 6.07) is 0. The van der Waals surface area contributed by atoms with Crippen molar-refractivity contribution in [1.82, 2.24) is 9.97 Å². The number of fused-ring (bicyclic) bond motifs is 1. The molecule has 5 heteroatoms. The van der Waals surface area contributed by atoms with E-state index in [1.807, 2.05) is 6.92 Å². The van der Waals surface area contributed by atoms with Crippen LogP contribution in [0.2, 0.25) is 0 Å². The number of H-pyrrole nitrogens is 1. The highest BCUT2D eigenvalue weighted by Crippen LogP contribution is 2.30. The predicted molar refractivity (Wildman–Crippen MR) is 72.1 cm³/mol. The van der Waals surface area contributed by atoms with Gasteiger partial charge in [0.25, 0.3) is 5.56 Å². The SMILES string of the molecule is CCOC(CC)(CC)c1nc2c(c(=O)[nH]1)COCC2. The third kappa shape index (κ3) is 2.58. The summed E-state index contributed by atoms with van der Waals surface area (Å²) < 4.78 is 11.2. The van der Waals surface area contributed by atoms with Crippen molar-refractivity contribution in [2.24, 2.45) is 0 Å². The van der Waals surface area contributed by atoms with E-state index in [1.54, 1.807) is 0 Å². The van der Waals surface area contributed by atoms with Crippen LogP contribution in [0.5, 0.6) is 0 Å². The highest BCUT2D eigenvalue weighted by Gasteiger charge is 2.33. The molecule has 2 rings (SSSR count). The van der Waals surface area contributed by atoms with E-state index in [0.717, 1.165) is 18.5 Å². The highest BCUT2D eigenvalue weighted by molar-refractivity contribution is 5.21. The fourth-order valence-electron chi connectivity index (χ4n) is 2.59. The second kappa shape index (κ2) is 5.84. The summed E-state index contributed by atoms with van der Waals surface area (Å²) in [5.41, 5.74) is 0.940. The summed E-state index contributed by atoms with van der Waals surface area (Å²) in [4.78, 5) is 19.7. The molecule has 1 aliphatic rings. The minimum Gasteiger partial charge on any atom is -0.376 e. The Bertz CT molecular complexity index is 492. The molecule has 0 amide bonds. The third-order valence-electron chi connectivity index (χ3n) is 3.83. The van der Waals surface area contributed by atoms with E-state index in [9.17, 15) is 4.79 Å². The van der Waals surface area contributed by atoms with Crippen molar-refractivity contribution in [1.29, 1.82) is 0 Å². The second-order valence-corrected chi connectivity index (χ2v) is 4.78. The van der Waals surface area contributed by atoms with Crippen molar-refractivity contribution in [2.45, 2.75) is 52.2 Å². The van der Waals surface area contributed by atoms with Crippen LogP contribution in [0.1, 0.15) is 50.7 Å². The number of ether oxygens (including phenoxy) is 2. The van der Waals surface area contributed by atoms with Gasteiger partial charge in [0.05, 0.1) is 24.5 Å². The quantitative estimate of drug-likeness (QED) is 0.884. The molecule has 1 aliphatic heterocycles. The van der Waals surface area contributed by atoms with Crippen LogP contribution in [0.3, 0.4) is 0 Å². The average molecular weight is 266 g/mol. The van der Waals surface area contributed by atoms with Gasteiger partial charge in [0.2, 0.25) is 0 Å². The molecule has 0 radical (unpaired) electrons. The van der Waals surface area contributed by atoms with E-state index in [4.69, 9.17) is 9.47 Å². The standard InChI is InChI=1S/C14H22N2O3/c1-4-14(5-2,19-6-3)13-15-11-7-8-18-9-10(11)12(17)16-13/h4-9H2,1-3H3,(H,15,16,17). The molecule has 19 heavy (non-hydrogen) atoms. The molecule has 1 aromatic heterocycles. The first-order valence-electron chi connectivity index (χ1n) is 7.01. The number of hydrogen-bond donors (Lipinski definition) is 1. The van der Waals surface area contributed by atoms with E-state index < -0.39 is 5.60 Å². The van der Waals surface area contributed by atoms with Crippen molar-refractivity contribution in [2.75, 3.05) is 13.2 Å². The molecule has 1 N–H and O–H groups in total. The molecule has 0 saturated heterocycles. The van der Waals surface area contributed by atoms with Crippen LogP contribution in [0.4, 0.5) is 0 Å². The summed E-state index contributed by atoms with van der Waals surface area (Å²) in [6.45, 7) is 7.67. The van der Waals surface area contributed by atoms with Gasteiger partial charge in [-0.15, -0.1) is 0 Å². The third-order valence-corrected chi connectivity index (χ3v) is 3.83. The van der Waals surface area contributed by atoms with E-state index >= 15 is 0 Å². The minimum atomic E-state index is -0.485. The Morgan fingerprint density at radius 1 is 1.37 bits per heavy atom. The van der Waals surface area contributed by atoms with Gasteiger partial charge in [-0.2, -0.15) is 0 Å². The van der Waals surface area contributed by atoms with Crippen LogP contribution in [0, 0.1) is 0 Å². The molecule has 0 spiro atoms. The lowest BCUT2D eigenvalue weighted by atomic mass is 9.95. The number of aromatic nitrogens is 2. The van der Waals surface area contributed by atoms with Crippen molar-refractivity contribution < 1.29 is 9.47 Å². The minimum absolute atomic E-state index is 0.0920. The van der Waals surface area contributed by atoms with Gasteiger partial charge >= 0.3 is 0 Å². The predicted octanol–water partition coefficient (Wildman–Crippen LogP) is 1.89. The molecular formula is C14H22N2O3. The molecular weight excluding hydrogens is 244 g/mol. The summed E-state index contributed by atoms with van der Waals surface area (Å²) in [7, 11) is 0. The lowest BCUT2D eigenvalue weighted by molar-refractivity contribution is -0.0577. The van der Waals surface area contributed by atoms with E-state index in [-0.39, 0.29) is 5.56 Å². The molecule has 0 aliphatic carbocycles. The molecule has 0 bridgehead atoms. The summed E-state index contributed by atoms with van der Waals surface area (Å²) in [5.74, 6) is 0.657. The van der Waals surface area contributed by atoms with Gasteiger partial charge in [-0.05, 0) is 19.8 Å². The zero-order valence-corrected chi connectivity index (χ0v) is 11.9. The molecule has 0 aromatic carbocycles. The average Bonchev–Trinajstić information content (AvgIpc) is 2.45. The van der Waals surface area contributed by atoms with Gasteiger partial charge < -0.3 is 14.5 Å². The lowest BCUT2D eigenvalue weighted by Gasteiger charge is -2.31. The number of hydrogen-bond acceptors (Lipinski definition) is 4. The number of aromatic amines is 1. The molecule has 0 saturated carbocycles. The normalized spacial score (nSPS) is 15.3. The Kier molecular flexibility index (Phi) is 4.37. The van der Waals surface area contributed by atoms with E-state index in [1.165, 1.54) is 0 Å². The molecule has 2 heterocycles. The number of rotatable bonds is 5. The van der Waals surface area contributed by atoms with Crippen LogP contribution in [0.25, 0.3) is 0 Å². The Hall–Kier alpha value is -1.20. The molecule has 0 fully saturated rings. The topological polar surface area (TPSA) is 64.2 Å². The van der Waals surface area contributed by atoms with Gasteiger partial charge in [0.15, 0.2) is 0 Å². The molecule has 1 aromatic rings. The van der Waals surface area contributed by atoms with Gasteiger partial charge in [0, 0.05) is 13.0 Å². The highest BCUT2D eigenvalue weighted by atomic mass is 16.5. The van der Waals surface area contributed by atoms with Crippen LogP contribution in [-0.4, -0.2) is 23.2 Å². The monoisotopic (exact) mass is 266 g/mol. The van der Waals surface area contributed by atoms with Crippen molar-refractivity contribution in [3.8, 4) is 0 Å². The molecule has 0 unspecified atom stereocenters. The maximum atomic E-state index is 12.1. The fraction of sp³-hybridized carbons (Fsp3) is 0.714.